The Morgan fingerprint density at radius 3 is 2.70 bits per heavy atom. The highest BCUT2D eigenvalue weighted by Gasteiger charge is 2.23. The number of nitrogens with one attached hydrogen (secondary N) is 1. The summed E-state index contributed by atoms with van der Waals surface area (Å²) in [4.78, 5) is 12.0. The van der Waals surface area contributed by atoms with Crippen LogP contribution in [0.5, 0.6) is 0 Å². The van der Waals surface area contributed by atoms with E-state index in [9.17, 15) is 14.3 Å². The average Bonchev–Trinajstić information content (AvgIpc) is 2.88. The fourth-order valence-corrected chi connectivity index (χ4v) is 4.33. The molecule has 1 atom stereocenters. The third kappa shape index (κ3) is 3.58. The van der Waals surface area contributed by atoms with Crippen LogP contribution >= 0.6 is 0 Å². The number of fused-ring (bicyclic) bond motifs is 1. The minimum atomic E-state index is -0.930. The molecule has 30 heavy (non-hydrogen) atoms. The lowest BCUT2D eigenvalue weighted by atomic mass is 9.84. The number of anilines is 1. The van der Waals surface area contributed by atoms with Gasteiger partial charge in [0.1, 0.15) is 5.82 Å². The Balaban J connectivity index is 1.94. The van der Waals surface area contributed by atoms with E-state index in [0.717, 1.165) is 52.9 Å². The number of aryl methyl sites for hydroxylation is 2. The molecule has 1 aliphatic heterocycles. The Labute approximate surface area is 176 Å². The van der Waals surface area contributed by atoms with Crippen molar-refractivity contribution in [2.45, 2.75) is 33.6 Å². The van der Waals surface area contributed by atoms with Gasteiger partial charge in [-0.05, 0) is 90.3 Å². The molecule has 0 radical (unpaired) electrons. The molecule has 2 aromatic rings. The van der Waals surface area contributed by atoms with Crippen LogP contribution in [0, 0.1) is 18.7 Å². The number of rotatable bonds is 3. The van der Waals surface area contributed by atoms with E-state index in [2.05, 4.69) is 31.3 Å². The number of allylic oxidation sites excluding steroid dienone is 6. The third-order valence-electron chi connectivity index (χ3n) is 6.14. The Bertz CT molecular complexity index is 1120. The van der Waals surface area contributed by atoms with Crippen molar-refractivity contribution >= 4 is 22.8 Å². The van der Waals surface area contributed by atoms with E-state index in [0.29, 0.717) is 11.1 Å². The van der Waals surface area contributed by atoms with E-state index < -0.39 is 5.97 Å². The van der Waals surface area contributed by atoms with Crippen LogP contribution in [0.25, 0.3) is 11.1 Å². The zero-order valence-electron chi connectivity index (χ0n) is 17.6. The third-order valence-corrected chi connectivity index (χ3v) is 6.14. The van der Waals surface area contributed by atoms with Gasteiger partial charge in [-0.2, -0.15) is 0 Å². The van der Waals surface area contributed by atoms with Crippen molar-refractivity contribution in [1.82, 2.24) is 0 Å². The Morgan fingerprint density at radius 1 is 1.17 bits per heavy atom. The first-order chi connectivity index (χ1) is 14.4. The standard InChI is InChI=1S/C26H26FNO2/c1-15-6-4-8-21(24(17(15)3)18-9-10-23(27)16(2)12-18)20-13-19-7-5-11-28-25(19)22(14-20)26(29)30/h4,6,8-10,12-15,28H,5,7,11H2,1-3H3,(H,29,30). The highest BCUT2D eigenvalue weighted by Crippen LogP contribution is 2.41. The van der Waals surface area contributed by atoms with Gasteiger partial charge in [-0.15, -0.1) is 0 Å². The number of hydrogen-bond donors (Lipinski definition) is 2. The summed E-state index contributed by atoms with van der Waals surface area (Å²) in [6.45, 7) is 6.79. The fourth-order valence-electron chi connectivity index (χ4n) is 4.33. The molecule has 1 unspecified atom stereocenters. The Morgan fingerprint density at radius 2 is 1.97 bits per heavy atom. The second kappa shape index (κ2) is 7.94. The zero-order chi connectivity index (χ0) is 21.4. The van der Waals surface area contributed by atoms with Crippen molar-refractivity contribution in [1.29, 1.82) is 0 Å². The normalized spacial score (nSPS) is 18.4. The maximum absolute atomic E-state index is 14.0. The number of carboxylic acids is 1. The van der Waals surface area contributed by atoms with Gasteiger partial charge in [0.15, 0.2) is 0 Å². The van der Waals surface area contributed by atoms with Gasteiger partial charge in [0.05, 0.1) is 11.3 Å². The van der Waals surface area contributed by atoms with Gasteiger partial charge in [-0.3, -0.25) is 0 Å². The lowest BCUT2D eigenvalue weighted by molar-refractivity contribution is 0.0697. The molecule has 2 aliphatic rings. The van der Waals surface area contributed by atoms with E-state index in [4.69, 9.17) is 0 Å². The second-order valence-electron chi connectivity index (χ2n) is 8.17. The molecule has 0 saturated heterocycles. The number of aromatic carboxylic acids is 1. The number of hydrogen-bond acceptors (Lipinski definition) is 2. The summed E-state index contributed by atoms with van der Waals surface area (Å²) in [6.07, 6.45) is 8.04. The maximum atomic E-state index is 14.0. The van der Waals surface area contributed by atoms with Crippen molar-refractivity contribution in [3.63, 3.8) is 0 Å². The molecular formula is C26H26FNO2. The summed E-state index contributed by atoms with van der Waals surface area (Å²) in [7, 11) is 0. The van der Waals surface area contributed by atoms with Crippen LogP contribution in [0.4, 0.5) is 10.1 Å². The van der Waals surface area contributed by atoms with Gasteiger partial charge >= 0.3 is 5.97 Å². The van der Waals surface area contributed by atoms with E-state index in [1.54, 1.807) is 13.0 Å². The lowest BCUT2D eigenvalue weighted by Crippen LogP contribution is -2.16. The molecule has 4 heteroatoms. The lowest BCUT2D eigenvalue weighted by Gasteiger charge is -2.23. The molecule has 0 aromatic heterocycles. The molecular weight excluding hydrogens is 377 g/mol. The fraction of sp³-hybridized carbons (Fsp3) is 0.269. The molecule has 1 aliphatic carbocycles. The average molecular weight is 403 g/mol. The number of carbonyl (C=O) groups is 1. The summed E-state index contributed by atoms with van der Waals surface area (Å²) in [5.41, 5.74) is 7.67. The monoisotopic (exact) mass is 403 g/mol. The summed E-state index contributed by atoms with van der Waals surface area (Å²) < 4.78 is 14.0. The minimum Gasteiger partial charge on any atom is -0.478 e. The summed E-state index contributed by atoms with van der Waals surface area (Å²) in [5, 5.41) is 13.1. The SMILES string of the molecule is CC1=C(c2ccc(F)c(C)c2)C(c2cc3c(c(C(=O)O)c2)NCCC3)=CC=CC1C. The quantitative estimate of drug-likeness (QED) is 0.636. The molecule has 2 N–H and O–H groups in total. The molecule has 1 heterocycles. The maximum Gasteiger partial charge on any atom is 0.337 e. The second-order valence-corrected chi connectivity index (χ2v) is 8.17. The van der Waals surface area contributed by atoms with Crippen molar-refractivity contribution < 1.29 is 14.3 Å². The van der Waals surface area contributed by atoms with Crippen LogP contribution in [-0.4, -0.2) is 17.6 Å². The van der Waals surface area contributed by atoms with Crippen LogP contribution in [0.3, 0.4) is 0 Å². The molecule has 3 nitrogen and oxygen atoms in total. The van der Waals surface area contributed by atoms with Crippen molar-refractivity contribution in [3.8, 4) is 0 Å². The molecule has 0 saturated carbocycles. The van der Waals surface area contributed by atoms with Gasteiger partial charge in [0.25, 0.3) is 0 Å². The van der Waals surface area contributed by atoms with Gasteiger partial charge in [0.2, 0.25) is 0 Å². The Kier molecular flexibility index (Phi) is 5.33. The van der Waals surface area contributed by atoms with E-state index in [1.807, 2.05) is 24.3 Å². The van der Waals surface area contributed by atoms with Crippen molar-refractivity contribution in [2.24, 2.45) is 5.92 Å². The van der Waals surface area contributed by atoms with E-state index in [1.165, 1.54) is 11.6 Å². The van der Waals surface area contributed by atoms with Crippen LogP contribution in [0.1, 0.15) is 52.9 Å². The Hall–Kier alpha value is -3.14. The van der Waals surface area contributed by atoms with Crippen molar-refractivity contribution in [3.05, 3.63) is 87.8 Å². The van der Waals surface area contributed by atoms with Crippen LogP contribution < -0.4 is 5.32 Å². The topological polar surface area (TPSA) is 49.3 Å². The van der Waals surface area contributed by atoms with Crippen LogP contribution in [-0.2, 0) is 6.42 Å². The summed E-state index contributed by atoms with van der Waals surface area (Å²) in [5.74, 6) is -0.937. The van der Waals surface area contributed by atoms with E-state index >= 15 is 0 Å². The minimum absolute atomic E-state index is 0.220. The van der Waals surface area contributed by atoms with Gasteiger partial charge in [0, 0.05) is 6.54 Å². The van der Waals surface area contributed by atoms with Gasteiger partial charge in [-0.25, -0.2) is 9.18 Å². The smallest absolute Gasteiger partial charge is 0.337 e. The molecule has 2 aromatic carbocycles. The molecule has 154 valence electrons. The summed E-state index contributed by atoms with van der Waals surface area (Å²) >= 11 is 0. The predicted molar refractivity (Wildman–Crippen MR) is 120 cm³/mol. The molecule has 0 bridgehead atoms. The zero-order valence-corrected chi connectivity index (χ0v) is 17.6. The van der Waals surface area contributed by atoms with Gasteiger partial charge < -0.3 is 10.4 Å². The number of benzene rings is 2. The molecule has 0 spiro atoms. The molecule has 0 amide bonds. The largest absolute Gasteiger partial charge is 0.478 e. The number of halogens is 1. The van der Waals surface area contributed by atoms with Crippen molar-refractivity contribution in [2.75, 3.05) is 11.9 Å². The highest BCUT2D eigenvalue weighted by atomic mass is 19.1. The molecule has 4 rings (SSSR count). The predicted octanol–water partition coefficient (Wildman–Crippen LogP) is 6.25. The first-order valence-electron chi connectivity index (χ1n) is 10.4. The first kappa shape index (κ1) is 20.1. The number of carboxylic acid groups (broad SMARTS) is 1. The van der Waals surface area contributed by atoms with Crippen LogP contribution in [0.15, 0.2) is 54.1 Å². The molecule has 0 fully saturated rings. The van der Waals surface area contributed by atoms with Gasteiger partial charge in [-0.1, -0.05) is 36.8 Å². The summed E-state index contributed by atoms with van der Waals surface area (Å²) in [6, 6.07) is 9.06. The first-order valence-corrected chi connectivity index (χ1v) is 10.4. The highest BCUT2D eigenvalue weighted by molar-refractivity contribution is 6.08. The van der Waals surface area contributed by atoms with E-state index in [-0.39, 0.29) is 11.7 Å². The van der Waals surface area contributed by atoms with Crippen LogP contribution in [0.2, 0.25) is 0 Å².